The van der Waals surface area contributed by atoms with Crippen LogP contribution in [0.1, 0.15) is 30.1 Å². The van der Waals surface area contributed by atoms with Gasteiger partial charge in [0.2, 0.25) is 0 Å². The van der Waals surface area contributed by atoms with E-state index in [9.17, 15) is 0 Å². The van der Waals surface area contributed by atoms with Gasteiger partial charge in [-0.2, -0.15) is 5.10 Å². The van der Waals surface area contributed by atoms with Gasteiger partial charge < -0.3 is 14.6 Å². The molecule has 1 N–H and O–H groups in total. The van der Waals surface area contributed by atoms with E-state index in [4.69, 9.17) is 9.52 Å². The first kappa shape index (κ1) is 18.3. The minimum Gasteiger partial charge on any atom is -0.465 e. The minimum atomic E-state index is 0.643. The molecular weight excluding hydrogens is 358 g/mol. The van der Waals surface area contributed by atoms with E-state index in [1.54, 1.807) is 11.3 Å². The number of nitrogens with zero attached hydrogens (tertiary/aromatic N) is 4. The Morgan fingerprint density at radius 1 is 1.30 bits per heavy atom. The van der Waals surface area contributed by atoms with Crippen molar-refractivity contribution in [3.8, 4) is 10.6 Å². The Bertz CT molecular complexity index is 896. The monoisotopic (exact) mass is 385 g/mol. The third kappa shape index (κ3) is 4.42. The van der Waals surface area contributed by atoms with Gasteiger partial charge in [0.25, 0.3) is 0 Å². The lowest BCUT2D eigenvalue weighted by atomic mass is 9.99. The maximum absolute atomic E-state index is 5.61. The van der Waals surface area contributed by atoms with Gasteiger partial charge in [-0.3, -0.25) is 4.68 Å². The predicted octanol–water partition coefficient (Wildman–Crippen LogP) is 4.17. The van der Waals surface area contributed by atoms with Crippen molar-refractivity contribution in [3.63, 3.8) is 0 Å². The second-order valence-electron chi connectivity index (χ2n) is 7.49. The van der Waals surface area contributed by atoms with E-state index >= 15 is 0 Å². The van der Waals surface area contributed by atoms with Crippen LogP contribution in [0.15, 0.2) is 28.8 Å². The highest BCUT2D eigenvalue weighted by molar-refractivity contribution is 7.19. The molecule has 144 valence electrons. The van der Waals surface area contributed by atoms with Crippen LogP contribution >= 0.6 is 11.3 Å². The Balaban J connectivity index is 1.41. The number of thiazole rings is 1. The van der Waals surface area contributed by atoms with Crippen LogP contribution in [0.3, 0.4) is 0 Å². The zero-order chi connectivity index (χ0) is 18.8. The smallest absolute Gasteiger partial charge is 0.183 e. The SMILES string of the molecule is Cc1ccc(CNc2nc(C)c(-c3ccn(CC4CCCN(C)C4)n3)s2)o1. The molecule has 0 saturated carbocycles. The Labute approximate surface area is 164 Å². The lowest BCUT2D eigenvalue weighted by Crippen LogP contribution is -2.34. The summed E-state index contributed by atoms with van der Waals surface area (Å²) in [6.07, 6.45) is 4.68. The van der Waals surface area contributed by atoms with E-state index in [2.05, 4.69) is 39.2 Å². The van der Waals surface area contributed by atoms with E-state index in [0.29, 0.717) is 12.5 Å². The van der Waals surface area contributed by atoms with E-state index < -0.39 is 0 Å². The molecule has 3 aromatic rings. The number of nitrogens with one attached hydrogen (secondary N) is 1. The molecule has 0 spiro atoms. The second kappa shape index (κ2) is 7.86. The Morgan fingerprint density at radius 2 is 2.19 bits per heavy atom. The molecule has 0 bridgehead atoms. The summed E-state index contributed by atoms with van der Waals surface area (Å²) in [6.45, 7) is 8.01. The number of rotatable bonds is 6. The van der Waals surface area contributed by atoms with E-state index in [1.807, 2.05) is 26.0 Å². The fraction of sp³-hybridized carbons (Fsp3) is 0.500. The van der Waals surface area contributed by atoms with Gasteiger partial charge in [0.05, 0.1) is 17.1 Å². The fourth-order valence-electron chi connectivity index (χ4n) is 3.72. The lowest BCUT2D eigenvalue weighted by molar-refractivity contribution is 0.191. The number of hydrogen-bond donors (Lipinski definition) is 1. The van der Waals surface area contributed by atoms with E-state index in [1.165, 1.54) is 19.4 Å². The van der Waals surface area contributed by atoms with Crippen molar-refractivity contribution in [2.45, 2.75) is 39.8 Å². The summed E-state index contributed by atoms with van der Waals surface area (Å²) < 4.78 is 7.70. The second-order valence-corrected chi connectivity index (χ2v) is 8.49. The van der Waals surface area contributed by atoms with Crippen LogP contribution in [0.5, 0.6) is 0 Å². The molecule has 6 nitrogen and oxygen atoms in total. The Morgan fingerprint density at radius 3 is 2.96 bits per heavy atom. The van der Waals surface area contributed by atoms with Crippen molar-refractivity contribution in [1.29, 1.82) is 0 Å². The summed E-state index contributed by atoms with van der Waals surface area (Å²) in [5.41, 5.74) is 2.02. The van der Waals surface area contributed by atoms with Crippen LogP contribution < -0.4 is 5.32 Å². The van der Waals surface area contributed by atoms with Crippen LogP contribution in [-0.4, -0.2) is 39.8 Å². The zero-order valence-corrected chi connectivity index (χ0v) is 17.1. The van der Waals surface area contributed by atoms with Gasteiger partial charge in [-0.25, -0.2) is 4.98 Å². The molecular formula is C20H27N5OS. The summed E-state index contributed by atoms with van der Waals surface area (Å²) in [4.78, 5) is 8.21. The van der Waals surface area contributed by atoms with Crippen molar-refractivity contribution in [2.75, 3.05) is 25.5 Å². The highest BCUT2D eigenvalue weighted by atomic mass is 32.1. The zero-order valence-electron chi connectivity index (χ0n) is 16.2. The third-order valence-corrected chi connectivity index (χ3v) is 6.18. The quantitative estimate of drug-likeness (QED) is 0.690. The van der Waals surface area contributed by atoms with Gasteiger partial charge in [0, 0.05) is 19.3 Å². The van der Waals surface area contributed by atoms with Gasteiger partial charge in [-0.15, -0.1) is 0 Å². The predicted molar refractivity (Wildman–Crippen MR) is 109 cm³/mol. The molecule has 1 atom stereocenters. The first-order chi connectivity index (χ1) is 13.1. The number of aryl methyl sites for hydroxylation is 2. The summed E-state index contributed by atoms with van der Waals surface area (Å²) >= 11 is 1.65. The summed E-state index contributed by atoms with van der Waals surface area (Å²) in [7, 11) is 2.21. The topological polar surface area (TPSA) is 59.1 Å². The molecule has 4 heterocycles. The van der Waals surface area contributed by atoms with Crippen LogP contribution in [0.2, 0.25) is 0 Å². The lowest BCUT2D eigenvalue weighted by Gasteiger charge is -2.29. The minimum absolute atomic E-state index is 0.643. The van der Waals surface area contributed by atoms with Gasteiger partial charge in [0.15, 0.2) is 5.13 Å². The fourth-order valence-corrected chi connectivity index (χ4v) is 4.65. The molecule has 1 fully saturated rings. The molecule has 1 unspecified atom stereocenters. The molecule has 0 amide bonds. The molecule has 7 heteroatoms. The van der Waals surface area contributed by atoms with Crippen molar-refractivity contribution in [1.82, 2.24) is 19.7 Å². The molecule has 0 aliphatic carbocycles. The summed E-state index contributed by atoms with van der Waals surface area (Å²) in [6, 6.07) is 6.08. The molecule has 0 radical (unpaired) electrons. The van der Waals surface area contributed by atoms with Crippen LogP contribution in [0.4, 0.5) is 5.13 Å². The van der Waals surface area contributed by atoms with Gasteiger partial charge in [-0.05, 0) is 64.4 Å². The normalized spacial score (nSPS) is 18.1. The Kier molecular flexibility index (Phi) is 5.31. The van der Waals surface area contributed by atoms with E-state index in [-0.39, 0.29) is 0 Å². The Hall–Kier alpha value is -2.12. The van der Waals surface area contributed by atoms with Gasteiger partial charge >= 0.3 is 0 Å². The average molecular weight is 386 g/mol. The van der Waals surface area contributed by atoms with Crippen molar-refractivity contribution >= 4 is 16.5 Å². The van der Waals surface area contributed by atoms with Crippen LogP contribution in [-0.2, 0) is 13.1 Å². The largest absolute Gasteiger partial charge is 0.465 e. The third-order valence-electron chi connectivity index (χ3n) is 5.05. The highest BCUT2D eigenvalue weighted by Crippen LogP contribution is 2.32. The molecule has 1 aliphatic heterocycles. The van der Waals surface area contributed by atoms with Crippen LogP contribution in [0, 0.1) is 19.8 Å². The molecule has 3 aromatic heterocycles. The van der Waals surface area contributed by atoms with Crippen molar-refractivity contribution in [3.05, 3.63) is 41.6 Å². The molecule has 1 aliphatic rings. The number of aromatic nitrogens is 3. The van der Waals surface area contributed by atoms with E-state index in [0.717, 1.165) is 46.0 Å². The van der Waals surface area contributed by atoms with Gasteiger partial charge in [0.1, 0.15) is 17.2 Å². The maximum Gasteiger partial charge on any atom is 0.183 e. The standard InChI is InChI=1S/C20H27N5OS/c1-14-6-7-17(26-14)11-21-20-22-15(2)19(27-20)18-8-10-25(23-18)13-16-5-4-9-24(3)12-16/h6-8,10,16H,4-5,9,11-13H2,1-3H3,(H,21,22). The number of furan rings is 1. The average Bonchev–Trinajstić information content (AvgIpc) is 3.34. The maximum atomic E-state index is 5.61. The summed E-state index contributed by atoms with van der Waals surface area (Å²) in [5.74, 6) is 2.54. The number of piperidine rings is 1. The van der Waals surface area contributed by atoms with Crippen molar-refractivity contribution < 1.29 is 4.42 Å². The van der Waals surface area contributed by atoms with Crippen molar-refractivity contribution in [2.24, 2.45) is 5.92 Å². The van der Waals surface area contributed by atoms with Gasteiger partial charge in [-0.1, -0.05) is 11.3 Å². The molecule has 0 aromatic carbocycles. The first-order valence-corrected chi connectivity index (χ1v) is 10.4. The summed E-state index contributed by atoms with van der Waals surface area (Å²) in [5, 5.41) is 9.08. The highest BCUT2D eigenvalue weighted by Gasteiger charge is 2.19. The number of likely N-dealkylation sites (tertiary alicyclic amines) is 1. The molecule has 4 rings (SSSR count). The number of anilines is 1. The first-order valence-electron chi connectivity index (χ1n) is 9.56. The van der Waals surface area contributed by atoms with Crippen LogP contribution in [0.25, 0.3) is 10.6 Å². The molecule has 27 heavy (non-hydrogen) atoms. The molecule has 1 saturated heterocycles. The number of hydrogen-bond acceptors (Lipinski definition) is 6.